The quantitative estimate of drug-likeness (QED) is 0.459. The number of halogens is 1. The number of carbonyl (C=O) groups is 1. The molecule has 2 aromatic carbocycles. The zero-order valence-corrected chi connectivity index (χ0v) is 18.5. The maximum Gasteiger partial charge on any atom is 0.350 e. The van der Waals surface area contributed by atoms with Gasteiger partial charge in [-0.1, -0.05) is 12.1 Å². The fourth-order valence-electron chi connectivity index (χ4n) is 4.67. The molecule has 2 aromatic heterocycles. The van der Waals surface area contributed by atoms with Crippen molar-refractivity contribution >= 4 is 16.9 Å². The number of rotatable bonds is 5. The van der Waals surface area contributed by atoms with E-state index in [1.165, 1.54) is 21.6 Å². The number of fused-ring (bicyclic) bond motifs is 1. The molecule has 9 heteroatoms. The minimum atomic E-state index is -0.513. The molecule has 2 aliphatic rings. The highest BCUT2D eigenvalue weighted by atomic mass is 19.1. The summed E-state index contributed by atoms with van der Waals surface area (Å²) in [5, 5.41) is 4.21. The van der Waals surface area contributed by atoms with Gasteiger partial charge in [-0.15, -0.1) is 0 Å². The molecule has 0 spiro atoms. The van der Waals surface area contributed by atoms with Crippen LogP contribution in [0.3, 0.4) is 0 Å². The van der Waals surface area contributed by atoms with E-state index >= 15 is 4.39 Å². The van der Waals surface area contributed by atoms with E-state index in [2.05, 4.69) is 15.1 Å². The summed E-state index contributed by atoms with van der Waals surface area (Å²) < 4.78 is 17.7. The molecule has 3 heterocycles. The summed E-state index contributed by atoms with van der Waals surface area (Å²) in [6.07, 6.45) is 7.43. The maximum atomic E-state index is 15.1. The van der Waals surface area contributed by atoms with E-state index in [9.17, 15) is 9.59 Å². The molecule has 1 aliphatic heterocycles. The van der Waals surface area contributed by atoms with Crippen molar-refractivity contribution in [3.05, 3.63) is 71.4 Å². The molecule has 1 amide bonds. The van der Waals surface area contributed by atoms with Gasteiger partial charge < -0.3 is 4.90 Å². The molecular formula is C25H23FN6O2. The van der Waals surface area contributed by atoms with Gasteiger partial charge in [0.2, 0.25) is 5.91 Å². The summed E-state index contributed by atoms with van der Waals surface area (Å²) in [5.74, 6) is 0.0996. The van der Waals surface area contributed by atoms with Crippen LogP contribution in [0.15, 0.2) is 59.9 Å². The second-order valence-electron chi connectivity index (χ2n) is 9.10. The normalized spacial score (nSPS) is 18.0. The van der Waals surface area contributed by atoms with Crippen LogP contribution in [0.2, 0.25) is 0 Å². The molecule has 34 heavy (non-hydrogen) atoms. The first kappa shape index (κ1) is 20.7. The second-order valence-corrected chi connectivity index (χ2v) is 9.10. The SMILES string of the molecule is O=C(C1CC1)N1CC[C@H](Cn2ncn(-c3ccc(-c4ccc5nccnc5c4)cc3F)c2=O)C1. The lowest BCUT2D eigenvalue weighted by Gasteiger charge is -2.16. The molecule has 4 aromatic rings. The molecule has 0 unspecified atom stereocenters. The monoisotopic (exact) mass is 458 g/mol. The Morgan fingerprint density at radius 2 is 1.76 bits per heavy atom. The number of benzene rings is 2. The molecular weight excluding hydrogens is 435 g/mol. The highest BCUT2D eigenvalue weighted by Crippen LogP contribution is 2.33. The molecule has 2 fully saturated rings. The highest BCUT2D eigenvalue weighted by Gasteiger charge is 2.36. The maximum absolute atomic E-state index is 15.1. The van der Waals surface area contributed by atoms with Crippen molar-refractivity contribution in [3.63, 3.8) is 0 Å². The Morgan fingerprint density at radius 1 is 1.00 bits per heavy atom. The minimum Gasteiger partial charge on any atom is -0.342 e. The molecule has 1 saturated heterocycles. The van der Waals surface area contributed by atoms with Crippen LogP contribution >= 0.6 is 0 Å². The first-order valence-electron chi connectivity index (χ1n) is 11.5. The van der Waals surface area contributed by atoms with Crippen LogP contribution in [-0.4, -0.2) is 48.2 Å². The predicted octanol–water partition coefficient (Wildman–Crippen LogP) is 3.04. The van der Waals surface area contributed by atoms with Gasteiger partial charge in [-0.3, -0.25) is 14.8 Å². The topological polar surface area (TPSA) is 85.9 Å². The molecule has 172 valence electrons. The Morgan fingerprint density at radius 3 is 2.56 bits per heavy atom. The Labute approximate surface area is 194 Å². The summed E-state index contributed by atoms with van der Waals surface area (Å²) in [4.78, 5) is 35.7. The Balaban J connectivity index is 1.21. The van der Waals surface area contributed by atoms with Gasteiger partial charge in [0.1, 0.15) is 12.1 Å². The highest BCUT2D eigenvalue weighted by molar-refractivity contribution is 5.82. The average Bonchev–Trinajstić information content (AvgIpc) is 3.51. The predicted molar refractivity (Wildman–Crippen MR) is 124 cm³/mol. The van der Waals surface area contributed by atoms with Gasteiger partial charge in [0, 0.05) is 31.4 Å². The van der Waals surface area contributed by atoms with E-state index in [-0.39, 0.29) is 29.1 Å². The summed E-state index contributed by atoms with van der Waals surface area (Å²) in [6, 6.07) is 10.4. The molecule has 0 radical (unpaired) electrons. The fraction of sp³-hybridized carbons (Fsp3) is 0.320. The van der Waals surface area contributed by atoms with Crippen LogP contribution in [0.5, 0.6) is 0 Å². The number of likely N-dealkylation sites (tertiary alicyclic amines) is 1. The van der Waals surface area contributed by atoms with Crippen LogP contribution in [-0.2, 0) is 11.3 Å². The lowest BCUT2D eigenvalue weighted by molar-refractivity contribution is -0.131. The zero-order valence-electron chi connectivity index (χ0n) is 18.5. The van der Waals surface area contributed by atoms with Gasteiger partial charge >= 0.3 is 5.69 Å². The average molecular weight is 458 g/mol. The van der Waals surface area contributed by atoms with Crippen LogP contribution in [0.25, 0.3) is 27.8 Å². The third-order valence-corrected chi connectivity index (χ3v) is 6.70. The number of aromatic nitrogens is 5. The van der Waals surface area contributed by atoms with Crippen molar-refractivity contribution in [2.45, 2.75) is 25.8 Å². The molecule has 1 atom stereocenters. The number of hydrogen-bond donors (Lipinski definition) is 0. The van der Waals surface area contributed by atoms with Crippen molar-refractivity contribution in [1.82, 2.24) is 29.2 Å². The first-order valence-corrected chi connectivity index (χ1v) is 11.5. The Kier molecular flexibility index (Phi) is 4.97. The van der Waals surface area contributed by atoms with Gasteiger partial charge in [0.15, 0.2) is 0 Å². The summed E-state index contributed by atoms with van der Waals surface area (Å²) in [7, 11) is 0. The summed E-state index contributed by atoms with van der Waals surface area (Å²) in [6.45, 7) is 1.79. The molecule has 1 aliphatic carbocycles. The smallest absolute Gasteiger partial charge is 0.342 e. The van der Waals surface area contributed by atoms with E-state index < -0.39 is 5.82 Å². The third kappa shape index (κ3) is 3.76. The van der Waals surface area contributed by atoms with Gasteiger partial charge in [-0.05, 0) is 60.6 Å². The minimum absolute atomic E-state index is 0.151. The van der Waals surface area contributed by atoms with Gasteiger partial charge in [-0.25, -0.2) is 18.4 Å². The van der Waals surface area contributed by atoms with Crippen LogP contribution in [0.1, 0.15) is 19.3 Å². The van der Waals surface area contributed by atoms with E-state index in [1.54, 1.807) is 24.5 Å². The van der Waals surface area contributed by atoms with E-state index in [0.717, 1.165) is 42.4 Å². The molecule has 1 saturated carbocycles. The third-order valence-electron chi connectivity index (χ3n) is 6.70. The number of nitrogens with zero attached hydrogens (tertiary/aromatic N) is 6. The van der Waals surface area contributed by atoms with Crippen LogP contribution in [0, 0.1) is 17.7 Å². The first-order chi connectivity index (χ1) is 16.6. The number of amides is 1. The Hall–Kier alpha value is -3.88. The number of hydrogen-bond acceptors (Lipinski definition) is 5. The molecule has 0 N–H and O–H groups in total. The lowest BCUT2D eigenvalue weighted by Crippen LogP contribution is -2.32. The van der Waals surface area contributed by atoms with Crippen molar-refractivity contribution in [2.24, 2.45) is 11.8 Å². The fourth-order valence-corrected chi connectivity index (χ4v) is 4.67. The van der Waals surface area contributed by atoms with Gasteiger partial charge in [0.05, 0.1) is 23.3 Å². The van der Waals surface area contributed by atoms with E-state index in [4.69, 9.17) is 0 Å². The standard InChI is InChI=1S/C25H23FN6O2/c26-20-11-18(19-3-5-21-22(12-19)28-9-8-27-21)4-6-23(20)31-15-29-32(25(31)34)14-16-7-10-30(13-16)24(33)17-1-2-17/h3-6,8-9,11-12,15-17H,1-2,7,10,13-14H2/t16-/m0/s1. The summed E-state index contributed by atoms with van der Waals surface area (Å²) >= 11 is 0. The number of carbonyl (C=O) groups excluding carboxylic acids is 1. The Bertz CT molecular complexity index is 1460. The van der Waals surface area contributed by atoms with Gasteiger partial charge in [-0.2, -0.15) is 5.10 Å². The van der Waals surface area contributed by atoms with Crippen molar-refractivity contribution in [1.29, 1.82) is 0 Å². The molecule has 8 nitrogen and oxygen atoms in total. The largest absolute Gasteiger partial charge is 0.350 e. The van der Waals surface area contributed by atoms with Crippen molar-refractivity contribution in [2.75, 3.05) is 13.1 Å². The van der Waals surface area contributed by atoms with Crippen molar-refractivity contribution in [3.8, 4) is 16.8 Å². The molecule has 6 rings (SSSR count). The van der Waals surface area contributed by atoms with Crippen LogP contribution < -0.4 is 5.69 Å². The van der Waals surface area contributed by atoms with E-state index in [0.29, 0.717) is 18.7 Å². The van der Waals surface area contributed by atoms with Crippen LogP contribution in [0.4, 0.5) is 4.39 Å². The zero-order chi connectivity index (χ0) is 23.2. The molecule has 0 bridgehead atoms. The van der Waals surface area contributed by atoms with Crippen molar-refractivity contribution < 1.29 is 9.18 Å². The second kappa shape index (κ2) is 8.16. The van der Waals surface area contributed by atoms with Gasteiger partial charge in [0.25, 0.3) is 0 Å². The van der Waals surface area contributed by atoms with E-state index in [1.807, 2.05) is 23.1 Å². The summed E-state index contributed by atoms with van der Waals surface area (Å²) in [5.41, 5.74) is 2.75. The lowest BCUT2D eigenvalue weighted by atomic mass is 10.0.